The number of thiophene rings is 1. The van der Waals surface area contributed by atoms with Gasteiger partial charge in [-0.25, -0.2) is 0 Å². The summed E-state index contributed by atoms with van der Waals surface area (Å²) in [5.74, 6) is -0.0424. The number of carbonyl (C=O) groups excluding carboxylic acids is 1. The quantitative estimate of drug-likeness (QED) is 0.887. The number of hydrogen-bond donors (Lipinski definition) is 2. The first kappa shape index (κ1) is 14.5. The number of rotatable bonds is 4. The van der Waals surface area contributed by atoms with Gasteiger partial charge in [-0.05, 0) is 17.5 Å². The third-order valence-corrected chi connectivity index (χ3v) is 3.44. The minimum Gasteiger partial charge on any atom is -0.386 e. The third-order valence-electron chi connectivity index (χ3n) is 2.11. The molecule has 1 atom stereocenters. The van der Waals surface area contributed by atoms with E-state index in [0.717, 1.165) is 4.88 Å². The molecule has 0 aliphatic rings. The molecule has 0 radical (unpaired) electrons. The number of aliphatic hydroxyl groups excluding tert-OH is 1. The zero-order valence-electron chi connectivity index (χ0n) is 10.3. The molecule has 1 unspecified atom stereocenters. The number of hydrogen-bond acceptors (Lipinski definition) is 3. The van der Waals surface area contributed by atoms with Gasteiger partial charge in [-0.15, -0.1) is 11.3 Å². The summed E-state index contributed by atoms with van der Waals surface area (Å²) in [5, 5.41) is 12.5. The van der Waals surface area contributed by atoms with Crippen molar-refractivity contribution in [3.63, 3.8) is 0 Å². The molecule has 0 fully saturated rings. The van der Waals surface area contributed by atoms with Gasteiger partial charge in [0.1, 0.15) is 6.10 Å². The first-order valence-corrected chi connectivity index (χ1v) is 6.67. The van der Waals surface area contributed by atoms with Crippen molar-refractivity contribution in [1.82, 2.24) is 5.32 Å². The highest BCUT2D eigenvalue weighted by molar-refractivity contribution is 7.16. The predicted octanol–water partition coefficient (Wildman–Crippen LogP) is 2.99. The van der Waals surface area contributed by atoms with Gasteiger partial charge in [-0.2, -0.15) is 0 Å². The molecule has 0 aliphatic heterocycles. The Labute approximate surface area is 111 Å². The molecule has 1 amide bonds. The molecule has 0 spiro atoms. The molecule has 1 aromatic rings. The molecule has 0 aromatic carbocycles. The Hall–Kier alpha value is -0.580. The number of amides is 1. The van der Waals surface area contributed by atoms with Crippen molar-refractivity contribution >= 4 is 28.8 Å². The average molecular weight is 276 g/mol. The van der Waals surface area contributed by atoms with E-state index in [2.05, 4.69) is 5.32 Å². The molecule has 17 heavy (non-hydrogen) atoms. The smallest absolute Gasteiger partial charge is 0.220 e. The van der Waals surface area contributed by atoms with Crippen LogP contribution in [-0.2, 0) is 4.79 Å². The largest absolute Gasteiger partial charge is 0.386 e. The van der Waals surface area contributed by atoms with Crippen LogP contribution in [-0.4, -0.2) is 17.6 Å². The van der Waals surface area contributed by atoms with Gasteiger partial charge in [0, 0.05) is 17.8 Å². The molecule has 3 nitrogen and oxygen atoms in total. The standard InChI is InChI=1S/C12H18ClNO2S/c1-12(2,3)6-11(16)14-7-8(15)9-4-5-10(13)17-9/h4-5,8,15H,6-7H2,1-3H3,(H,14,16). The van der Waals surface area contributed by atoms with Crippen LogP contribution in [0.15, 0.2) is 12.1 Å². The Bertz CT molecular complexity index is 384. The Kier molecular flexibility index (Phi) is 4.98. The molecule has 0 saturated heterocycles. The lowest BCUT2D eigenvalue weighted by Crippen LogP contribution is -2.30. The van der Waals surface area contributed by atoms with E-state index in [1.54, 1.807) is 12.1 Å². The van der Waals surface area contributed by atoms with Crippen LogP contribution in [0, 0.1) is 5.41 Å². The summed E-state index contributed by atoms with van der Waals surface area (Å²) in [6.45, 7) is 6.23. The minimum atomic E-state index is -0.684. The second-order valence-corrected chi connectivity index (χ2v) is 6.95. The van der Waals surface area contributed by atoms with Gasteiger partial charge in [0.05, 0.1) is 4.34 Å². The van der Waals surface area contributed by atoms with E-state index in [1.165, 1.54) is 11.3 Å². The van der Waals surface area contributed by atoms with Crippen molar-refractivity contribution in [3.8, 4) is 0 Å². The van der Waals surface area contributed by atoms with Crippen LogP contribution in [0.4, 0.5) is 0 Å². The zero-order chi connectivity index (χ0) is 13.1. The second-order valence-electron chi connectivity index (χ2n) is 5.20. The summed E-state index contributed by atoms with van der Waals surface area (Å²) in [6.07, 6.45) is -0.235. The summed E-state index contributed by atoms with van der Waals surface area (Å²) < 4.78 is 0.639. The minimum absolute atomic E-state index is 0.0404. The fraction of sp³-hybridized carbons (Fsp3) is 0.583. The molecular formula is C12H18ClNO2S. The normalized spacial score (nSPS) is 13.5. The number of carbonyl (C=O) groups is 1. The summed E-state index contributed by atoms with van der Waals surface area (Å²) in [4.78, 5) is 12.3. The Morgan fingerprint density at radius 3 is 2.65 bits per heavy atom. The van der Waals surface area contributed by atoms with Gasteiger partial charge in [0.25, 0.3) is 0 Å². The van der Waals surface area contributed by atoms with Crippen molar-refractivity contribution in [3.05, 3.63) is 21.3 Å². The first-order valence-electron chi connectivity index (χ1n) is 5.48. The molecule has 0 aliphatic carbocycles. The van der Waals surface area contributed by atoms with Crippen molar-refractivity contribution in [2.24, 2.45) is 5.41 Å². The molecule has 1 aromatic heterocycles. The van der Waals surface area contributed by atoms with Crippen LogP contribution in [0.25, 0.3) is 0 Å². The molecule has 5 heteroatoms. The zero-order valence-corrected chi connectivity index (χ0v) is 11.9. The highest BCUT2D eigenvalue weighted by atomic mass is 35.5. The van der Waals surface area contributed by atoms with Crippen LogP contribution in [0.3, 0.4) is 0 Å². The number of halogens is 1. The molecule has 2 N–H and O–H groups in total. The molecule has 1 heterocycles. The van der Waals surface area contributed by atoms with Crippen molar-refractivity contribution in [2.75, 3.05) is 6.54 Å². The highest BCUT2D eigenvalue weighted by Crippen LogP contribution is 2.26. The summed E-state index contributed by atoms with van der Waals surface area (Å²) in [5.41, 5.74) is -0.0404. The van der Waals surface area contributed by atoms with Gasteiger partial charge in [0.2, 0.25) is 5.91 Å². The van der Waals surface area contributed by atoms with E-state index in [9.17, 15) is 9.90 Å². The predicted molar refractivity (Wildman–Crippen MR) is 71.4 cm³/mol. The molecule has 0 bridgehead atoms. The van der Waals surface area contributed by atoms with Crippen LogP contribution in [0.5, 0.6) is 0 Å². The fourth-order valence-electron chi connectivity index (χ4n) is 1.36. The Balaban J connectivity index is 2.38. The monoisotopic (exact) mass is 275 g/mol. The molecular weight excluding hydrogens is 258 g/mol. The topological polar surface area (TPSA) is 49.3 Å². The van der Waals surface area contributed by atoms with Gasteiger partial charge < -0.3 is 10.4 Å². The lowest BCUT2D eigenvalue weighted by Gasteiger charge is -2.18. The van der Waals surface area contributed by atoms with Crippen molar-refractivity contribution in [2.45, 2.75) is 33.3 Å². The Morgan fingerprint density at radius 1 is 1.53 bits per heavy atom. The van der Waals surface area contributed by atoms with E-state index < -0.39 is 6.10 Å². The van der Waals surface area contributed by atoms with Gasteiger partial charge in [-0.3, -0.25) is 4.79 Å². The fourth-order valence-corrected chi connectivity index (χ4v) is 2.41. The highest BCUT2D eigenvalue weighted by Gasteiger charge is 2.17. The lowest BCUT2D eigenvalue weighted by atomic mass is 9.92. The lowest BCUT2D eigenvalue weighted by molar-refractivity contribution is -0.123. The van der Waals surface area contributed by atoms with Gasteiger partial charge >= 0.3 is 0 Å². The molecule has 96 valence electrons. The maximum atomic E-state index is 11.6. The number of aliphatic hydroxyl groups is 1. The summed E-state index contributed by atoms with van der Waals surface area (Å²) >= 11 is 7.10. The van der Waals surface area contributed by atoms with Crippen molar-refractivity contribution < 1.29 is 9.90 Å². The maximum Gasteiger partial charge on any atom is 0.220 e. The van der Waals surface area contributed by atoms with Crippen LogP contribution >= 0.6 is 22.9 Å². The van der Waals surface area contributed by atoms with E-state index in [-0.39, 0.29) is 17.9 Å². The number of nitrogens with one attached hydrogen (secondary N) is 1. The van der Waals surface area contributed by atoms with Gasteiger partial charge in [0.15, 0.2) is 0 Å². The Morgan fingerprint density at radius 2 is 2.18 bits per heavy atom. The van der Waals surface area contributed by atoms with Crippen molar-refractivity contribution in [1.29, 1.82) is 0 Å². The summed E-state index contributed by atoms with van der Waals surface area (Å²) in [7, 11) is 0. The third kappa shape index (κ3) is 5.52. The van der Waals surface area contributed by atoms with Gasteiger partial charge in [-0.1, -0.05) is 32.4 Å². The van der Waals surface area contributed by atoms with E-state index in [0.29, 0.717) is 10.8 Å². The van der Waals surface area contributed by atoms with Crippen LogP contribution < -0.4 is 5.32 Å². The average Bonchev–Trinajstić information content (AvgIpc) is 2.58. The SMILES string of the molecule is CC(C)(C)CC(=O)NCC(O)c1ccc(Cl)s1. The van der Waals surface area contributed by atoms with E-state index >= 15 is 0 Å². The summed E-state index contributed by atoms with van der Waals surface area (Å²) in [6, 6.07) is 3.51. The molecule has 0 saturated carbocycles. The second kappa shape index (κ2) is 5.85. The van der Waals surface area contributed by atoms with E-state index in [4.69, 9.17) is 11.6 Å². The van der Waals surface area contributed by atoms with E-state index in [1.807, 2.05) is 20.8 Å². The van der Waals surface area contributed by atoms with Crippen LogP contribution in [0.1, 0.15) is 38.2 Å². The maximum absolute atomic E-state index is 11.6. The first-order chi connectivity index (χ1) is 7.78. The van der Waals surface area contributed by atoms with Crippen LogP contribution in [0.2, 0.25) is 4.34 Å². The molecule has 1 rings (SSSR count).